The van der Waals surface area contributed by atoms with Crippen LogP contribution in [0.25, 0.3) is 12.2 Å². The third-order valence-electron chi connectivity index (χ3n) is 5.46. The summed E-state index contributed by atoms with van der Waals surface area (Å²) in [5.74, 6) is -3.81. The van der Waals surface area contributed by atoms with Gasteiger partial charge in [-0.2, -0.15) is 0 Å². The van der Waals surface area contributed by atoms with Crippen LogP contribution in [0.1, 0.15) is 24.0 Å². The Morgan fingerprint density at radius 3 is 1.75 bits per heavy atom. The summed E-state index contributed by atoms with van der Waals surface area (Å²) in [5, 5.41) is 0. The monoisotopic (exact) mass is 446 g/mol. The molecule has 0 bridgehead atoms. The molecule has 8 heteroatoms. The zero-order valence-electron chi connectivity index (χ0n) is 17.4. The molecule has 0 aromatic heterocycles. The highest BCUT2D eigenvalue weighted by atomic mass is 19.1. The van der Waals surface area contributed by atoms with Crippen LogP contribution >= 0.6 is 0 Å². The molecule has 2 amide bonds. The molecular weight excluding hydrogens is 424 g/mol. The van der Waals surface area contributed by atoms with Gasteiger partial charge in [0.25, 0.3) is 0 Å². The molecule has 1 aliphatic heterocycles. The third-order valence-corrected chi connectivity index (χ3v) is 5.46. The molecule has 1 heterocycles. The summed E-state index contributed by atoms with van der Waals surface area (Å²) in [6.07, 6.45) is 5.46. The van der Waals surface area contributed by atoms with E-state index in [-0.39, 0.29) is 23.1 Å². The van der Waals surface area contributed by atoms with Gasteiger partial charge in [-0.25, -0.2) is 17.6 Å². The number of nitrogens with zero attached hydrogens (tertiary/aromatic N) is 2. The van der Waals surface area contributed by atoms with E-state index in [1.165, 1.54) is 21.9 Å². The maximum Gasteiger partial charge on any atom is 0.246 e. The molecule has 2 aromatic rings. The highest BCUT2D eigenvalue weighted by molar-refractivity contribution is 5.92. The number of rotatable bonds is 5. The standard InChI is InChI=1S/C24H22F4N2O2/c1-29(23(31)10-8-17-19(25)4-2-5-20(17)26)16-12-14-30(15-13-16)24(32)11-9-18-21(27)6-3-7-22(18)28/h2-11,16H,12-15H2,1H3. The maximum absolute atomic E-state index is 13.7. The zero-order chi connectivity index (χ0) is 23.3. The SMILES string of the molecule is CN(C(=O)C=Cc1c(F)cccc1F)C1CCN(C(=O)C=Cc2c(F)cccc2F)CC1. The lowest BCUT2D eigenvalue weighted by Gasteiger charge is -2.36. The number of halogens is 4. The van der Waals surface area contributed by atoms with Gasteiger partial charge in [0.1, 0.15) is 23.3 Å². The second-order valence-corrected chi connectivity index (χ2v) is 7.44. The highest BCUT2D eigenvalue weighted by Gasteiger charge is 2.26. The Hall–Kier alpha value is -3.42. The third kappa shape index (κ3) is 5.43. The van der Waals surface area contributed by atoms with Crippen molar-refractivity contribution in [3.63, 3.8) is 0 Å². The molecule has 168 valence electrons. The summed E-state index contributed by atoms with van der Waals surface area (Å²) >= 11 is 0. The van der Waals surface area contributed by atoms with Gasteiger partial charge in [0, 0.05) is 49.5 Å². The lowest BCUT2D eigenvalue weighted by molar-refractivity contribution is -0.130. The van der Waals surface area contributed by atoms with Crippen molar-refractivity contribution in [3.05, 3.63) is 82.9 Å². The van der Waals surface area contributed by atoms with Crippen molar-refractivity contribution >= 4 is 24.0 Å². The fourth-order valence-corrected chi connectivity index (χ4v) is 3.53. The molecule has 4 nitrogen and oxygen atoms in total. The second kappa shape index (κ2) is 10.3. The van der Waals surface area contributed by atoms with Crippen LogP contribution in [-0.2, 0) is 9.59 Å². The number of likely N-dealkylation sites (N-methyl/N-ethyl adjacent to an activating group) is 1. The first kappa shape index (κ1) is 23.2. The van der Waals surface area contributed by atoms with Gasteiger partial charge < -0.3 is 9.80 Å². The van der Waals surface area contributed by atoms with Crippen molar-refractivity contribution in [2.45, 2.75) is 18.9 Å². The van der Waals surface area contributed by atoms with E-state index in [2.05, 4.69) is 0 Å². The summed E-state index contributed by atoms with van der Waals surface area (Å²) in [6.45, 7) is 0.716. The number of benzene rings is 2. The van der Waals surface area contributed by atoms with Crippen molar-refractivity contribution in [2.24, 2.45) is 0 Å². The Kier molecular flexibility index (Phi) is 7.45. The van der Waals surface area contributed by atoms with Gasteiger partial charge in [-0.15, -0.1) is 0 Å². The first-order valence-corrected chi connectivity index (χ1v) is 10.1. The van der Waals surface area contributed by atoms with Gasteiger partial charge in [0.05, 0.1) is 0 Å². The lowest BCUT2D eigenvalue weighted by atomic mass is 10.0. The quantitative estimate of drug-likeness (QED) is 0.504. The van der Waals surface area contributed by atoms with Crippen molar-refractivity contribution in [1.29, 1.82) is 0 Å². The number of amides is 2. The van der Waals surface area contributed by atoms with Crippen LogP contribution < -0.4 is 0 Å². The summed E-state index contributed by atoms with van der Waals surface area (Å²) in [7, 11) is 1.59. The molecular formula is C24H22F4N2O2. The van der Waals surface area contributed by atoms with E-state index >= 15 is 0 Å². The van der Waals surface area contributed by atoms with E-state index in [0.29, 0.717) is 25.9 Å². The van der Waals surface area contributed by atoms with Gasteiger partial charge in [0.15, 0.2) is 0 Å². The second-order valence-electron chi connectivity index (χ2n) is 7.44. The largest absolute Gasteiger partial charge is 0.339 e. The van der Waals surface area contributed by atoms with E-state index in [4.69, 9.17) is 0 Å². The molecule has 1 saturated heterocycles. The van der Waals surface area contributed by atoms with E-state index in [0.717, 1.165) is 48.6 Å². The number of likely N-dealkylation sites (tertiary alicyclic amines) is 1. The molecule has 0 radical (unpaired) electrons. The first-order valence-electron chi connectivity index (χ1n) is 10.1. The number of carbonyl (C=O) groups is 2. The summed E-state index contributed by atoms with van der Waals surface area (Å²) in [4.78, 5) is 27.8. The van der Waals surface area contributed by atoms with Crippen LogP contribution in [0, 0.1) is 23.3 Å². The van der Waals surface area contributed by atoms with Crippen LogP contribution in [0.3, 0.4) is 0 Å². The van der Waals surface area contributed by atoms with E-state index < -0.39 is 29.2 Å². The molecule has 2 aromatic carbocycles. The van der Waals surface area contributed by atoms with E-state index in [1.807, 2.05) is 0 Å². The molecule has 32 heavy (non-hydrogen) atoms. The van der Waals surface area contributed by atoms with Crippen LogP contribution in [0.2, 0.25) is 0 Å². The Balaban J connectivity index is 1.55. The number of hydrogen-bond acceptors (Lipinski definition) is 2. The molecule has 1 aliphatic rings. The average Bonchev–Trinajstić information content (AvgIpc) is 2.77. The topological polar surface area (TPSA) is 40.6 Å². The predicted octanol–water partition coefficient (Wildman–Crippen LogP) is 4.42. The van der Waals surface area contributed by atoms with Crippen molar-refractivity contribution in [2.75, 3.05) is 20.1 Å². The first-order chi connectivity index (χ1) is 15.3. The fraction of sp³-hybridized carbons (Fsp3) is 0.250. The number of carbonyl (C=O) groups excluding carboxylic acids is 2. The predicted molar refractivity (Wildman–Crippen MR) is 113 cm³/mol. The van der Waals surface area contributed by atoms with Crippen LogP contribution in [-0.4, -0.2) is 47.8 Å². The molecule has 1 fully saturated rings. The minimum Gasteiger partial charge on any atom is -0.339 e. The molecule has 0 atom stereocenters. The lowest BCUT2D eigenvalue weighted by Crippen LogP contribution is -2.46. The van der Waals surface area contributed by atoms with Gasteiger partial charge in [-0.1, -0.05) is 12.1 Å². The van der Waals surface area contributed by atoms with Gasteiger partial charge >= 0.3 is 0 Å². The smallest absolute Gasteiger partial charge is 0.246 e. The summed E-state index contributed by atoms with van der Waals surface area (Å²) < 4.78 is 54.7. The van der Waals surface area contributed by atoms with Gasteiger partial charge in [0.2, 0.25) is 11.8 Å². The molecule has 0 unspecified atom stereocenters. The Morgan fingerprint density at radius 2 is 1.28 bits per heavy atom. The van der Waals surface area contributed by atoms with Crippen LogP contribution in [0.4, 0.5) is 17.6 Å². The Labute approximate surface area is 183 Å². The maximum atomic E-state index is 13.7. The Morgan fingerprint density at radius 1 is 0.844 bits per heavy atom. The zero-order valence-corrected chi connectivity index (χ0v) is 17.4. The normalized spacial score (nSPS) is 15.0. The van der Waals surface area contributed by atoms with Gasteiger partial charge in [-0.05, 0) is 49.3 Å². The minimum absolute atomic E-state index is 0.158. The minimum atomic E-state index is -0.758. The highest BCUT2D eigenvalue weighted by Crippen LogP contribution is 2.19. The number of piperidine rings is 1. The van der Waals surface area contributed by atoms with Crippen molar-refractivity contribution in [1.82, 2.24) is 9.80 Å². The molecule has 0 spiro atoms. The summed E-state index contributed by atoms with van der Waals surface area (Å²) in [5.41, 5.74) is -0.563. The fourth-order valence-electron chi connectivity index (χ4n) is 3.53. The molecule has 0 N–H and O–H groups in total. The van der Waals surface area contributed by atoms with E-state index in [9.17, 15) is 27.2 Å². The molecule has 3 rings (SSSR count). The van der Waals surface area contributed by atoms with Crippen molar-refractivity contribution < 1.29 is 27.2 Å². The van der Waals surface area contributed by atoms with Crippen LogP contribution in [0.5, 0.6) is 0 Å². The number of hydrogen-bond donors (Lipinski definition) is 0. The molecule has 0 aliphatic carbocycles. The Bertz CT molecular complexity index is 1020. The summed E-state index contributed by atoms with van der Waals surface area (Å²) in [6, 6.07) is 6.77. The van der Waals surface area contributed by atoms with E-state index in [1.54, 1.807) is 7.05 Å². The average molecular weight is 446 g/mol. The molecule has 0 saturated carbocycles. The van der Waals surface area contributed by atoms with Gasteiger partial charge in [-0.3, -0.25) is 9.59 Å². The van der Waals surface area contributed by atoms with Crippen molar-refractivity contribution in [3.8, 4) is 0 Å². The van der Waals surface area contributed by atoms with Crippen LogP contribution in [0.15, 0.2) is 48.6 Å².